The molecule has 1 unspecified atom stereocenters. The number of ketones is 1. The number of amides is 1. The fourth-order valence-corrected chi connectivity index (χ4v) is 4.92. The van der Waals surface area contributed by atoms with Gasteiger partial charge in [-0.05, 0) is 48.4 Å². The van der Waals surface area contributed by atoms with Gasteiger partial charge in [0.2, 0.25) is 5.78 Å². The molecule has 2 aromatic heterocycles. The molecule has 1 N–H and O–H groups in total. The summed E-state index contributed by atoms with van der Waals surface area (Å²) in [7, 11) is 0. The van der Waals surface area contributed by atoms with Gasteiger partial charge in [0.1, 0.15) is 6.04 Å². The minimum Gasteiger partial charge on any atom is -0.503 e. The zero-order valence-corrected chi connectivity index (χ0v) is 16.4. The normalized spacial score (nSPS) is 17.0. The maximum absolute atomic E-state index is 13.1. The summed E-state index contributed by atoms with van der Waals surface area (Å²) in [5, 5.41) is 14.4. The summed E-state index contributed by atoms with van der Waals surface area (Å²) in [4.78, 5) is 29.0. The molecular weight excluding hydrogens is 378 g/mol. The van der Waals surface area contributed by atoms with Crippen molar-refractivity contribution in [1.82, 2.24) is 0 Å². The Morgan fingerprint density at radius 2 is 1.81 bits per heavy atom. The first-order chi connectivity index (χ1) is 13.0. The number of rotatable bonds is 4. The van der Waals surface area contributed by atoms with E-state index in [0.717, 1.165) is 16.0 Å². The molecule has 4 rings (SSSR count). The summed E-state index contributed by atoms with van der Waals surface area (Å²) in [6.07, 6.45) is 0. The van der Waals surface area contributed by atoms with Crippen molar-refractivity contribution in [3.63, 3.8) is 0 Å². The third-order valence-corrected chi connectivity index (χ3v) is 6.42. The molecule has 1 atom stereocenters. The zero-order valence-electron chi connectivity index (χ0n) is 14.8. The van der Waals surface area contributed by atoms with Gasteiger partial charge in [0, 0.05) is 10.6 Å². The number of Topliss-reactive ketones (excluding diaryl/α,β-unsaturated/α-hetero) is 1. The van der Waals surface area contributed by atoms with Crippen molar-refractivity contribution in [2.75, 3.05) is 4.90 Å². The lowest BCUT2D eigenvalue weighted by atomic mass is 10.00. The van der Waals surface area contributed by atoms with E-state index in [2.05, 4.69) is 0 Å². The number of carbonyl (C=O) groups is 2. The largest absolute Gasteiger partial charge is 0.503 e. The van der Waals surface area contributed by atoms with E-state index in [-0.39, 0.29) is 11.4 Å². The molecule has 1 amide bonds. The molecule has 0 bridgehead atoms. The minimum absolute atomic E-state index is 0.143. The summed E-state index contributed by atoms with van der Waals surface area (Å²) in [5.74, 6) is -1.31. The Hall–Kier alpha value is -2.70. The summed E-state index contributed by atoms with van der Waals surface area (Å²) in [6.45, 7) is 3.91. The van der Waals surface area contributed by atoms with Crippen LogP contribution in [0, 0.1) is 13.8 Å². The molecule has 0 saturated heterocycles. The zero-order chi connectivity index (χ0) is 19.1. The number of hydrogen-bond donors (Lipinski definition) is 1. The molecule has 0 radical (unpaired) electrons. The van der Waals surface area contributed by atoms with Gasteiger partial charge < -0.3 is 5.11 Å². The van der Waals surface area contributed by atoms with Crippen LogP contribution in [-0.4, -0.2) is 16.8 Å². The van der Waals surface area contributed by atoms with Gasteiger partial charge in [-0.3, -0.25) is 14.5 Å². The second kappa shape index (κ2) is 6.79. The molecule has 136 valence electrons. The highest BCUT2D eigenvalue weighted by molar-refractivity contribution is 7.12. The van der Waals surface area contributed by atoms with Crippen LogP contribution in [-0.2, 0) is 4.79 Å². The maximum atomic E-state index is 13.1. The Kier molecular flexibility index (Phi) is 4.45. The van der Waals surface area contributed by atoms with Gasteiger partial charge in [0.15, 0.2) is 5.76 Å². The highest BCUT2D eigenvalue weighted by atomic mass is 32.1. The standard InChI is InChI=1S/C21H17NO3S2/c1-12-7-8-14(13(2)11-12)22-18(15-5-3-9-26-15)17(20(24)21(22)25)19(23)16-6-4-10-27-16/h3-11,18,24H,1-2H3. The minimum atomic E-state index is -0.631. The monoisotopic (exact) mass is 395 g/mol. The molecule has 0 spiro atoms. The molecule has 3 heterocycles. The third kappa shape index (κ3) is 2.91. The Balaban J connectivity index is 1.89. The van der Waals surface area contributed by atoms with Crippen molar-refractivity contribution in [2.45, 2.75) is 19.9 Å². The smallest absolute Gasteiger partial charge is 0.294 e. The van der Waals surface area contributed by atoms with Gasteiger partial charge >= 0.3 is 0 Å². The van der Waals surface area contributed by atoms with Crippen LogP contribution in [0.1, 0.15) is 31.7 Å². The predicted octanol–water partition coefficient (Wildman–Crippen LogP) is 5.21. The van der Waals surface area contributed by atoms with Crippen LogP contribution < -0.4 is 4.90 Å². The Morgan fingerprint density at radius 3 is 2.44 bits per heavy atom. The summed E-state index contributed by atoms with van der Waals surface area (Å²) >= 11 is 2.76. The number of aryl methyl sites for hydroxylation is 2. The van der Waals surface area contributed by atoms with Gasteiger partial charge in [0.05, 0.1) is 10.5 Å². The van der Waals surface area contributed by atoms with Gasteiger partial charge in [-0.15, -0.1) is 22.7 Å². The number of aliphatic hydroxyl groups is 1. The molecule has 1 aromatic carbocycles. The van der Waals surface area contributed by atoms with Gasteiger partial charge in [-0.2, -0.15) is 0 Å². The quantitative estimate of drug-likeness (QED) is 0.617. The van der Waals surface area contributed by atoms with Gasteiger partial charge in [-0.1, -0.05) is 29.8 Å². The Morgan fingerprint density at radius 1 is 1.07 bits per heavy atom. The number of aliphatic hydroxyl groups excluding tert-OH is 1. The van der Waals surface area contributed by atoms with E-state index in [1.807, 2.05) is 54.9 Å². The highest BCUT2D eigenvalue weighted by Gasteiger charge is 2.45. The SMILES string of the molecule is Cc1ccc(N2C(=O)C(O)=C(C(=O)c3cccs3)C2c2cccs2)c(C)c1. The topological polar surface area (TPSA) is 57.6 Å². The van der Waals surface area contributed by atoms with Crippen LogP contribution in [0.15, 0.2) is 64.6 Å². The van der Waals surface area contributed by atoms with E-state index in [9.17, 15) is 14.7 Å². The maximum Gasteiger partial charge on any atom is 0.294 e. The van der Waals surface area contributed by atoms with E-state index in [1.165, 1.54) is 27.6 Å². The number of thiophene rings is 2. The first-order valence-corrected chi connectivity index (χ1v) is 10.2. The van der Waals surface area contributed by atoms with E-state index >= 15 is 0 Å². The van der Waals surface area contributed by atoms with Crippen LogP contribution in [0.2, 0.25) is 0 Å². The lowest BCUT2D eigenvalue weighted by Crippen LogP contribution is -2.31. The van der Waals surface area contributed by atoms with Crippen molar-refractivity contribution in [3.05, 3.63) is 85.4 Å². The number of hydrogen-bond acceptors (Lipinski definition) is 5. The van der Waals surface area contributed by atoms with Crippen molar-refractivity contribution in [2.24, 2.45) is 0 Å². The van der Waals surface area contributed by atoms with E-state index in [0.29, 0.717) is 10.6 Å². The predicted molar refractivity (Wildman–Crippen MR) is 109 cm³/mol. The van der Waals surface area contributed by atoms with E-state index < -0.39 is 17.7 Å². The number of carbonyl (C=O) groups excluding carboxylic acids is 2. The second-order valence-corrected chi connectivity index (χ2v) is 8.38. The highest BCUT2D eigenvalue weighted by Crippen LogP contribution is 2.44. The van der Waals surface area contributed by atoms with Gasteiger partial charge in [0.25, 0.3) is 5.91 Å². The first-order valence-electron chi connectivity index (χ1n) is 8.44. The van der Waals surface area contributed by atoms with Crippen LogP contribution in [0.4, 0.5) is 5.69 Å². The van der Waals surface area contributed by atoms with Crippen molar-refractivity contribution < 1.29 is 14.7 Å². The molecule has 27 heavy (non-hydrogen) atoms. The fraction of sp³-hybridized carbons (Fsp3) is 0.143. The third-order valence-electron chi connectivity index (χ3n) is 4.62. The number of benzene rings is 1. The Bertz CT molecular complexity index is 1050. The second-order valence-electron chi connectivity index (χ2n) is 6.45. The molecule has 6 heteroatoms. The Labute approximate surface area is 165 Å². The molecule has 0 fully saturated rings. The summed E-state index contributed by atoms with van der Waals surface area (Å²) < 4.78 is 0. The lowest BCUT2D eigenvalue weighted by Gasteiger charge is -2.27. The molecule has 4 nitrogen and oxygen atoms in total. The van der Waals surface area contributed by atoms with E-state index in [1.54, 1.807) is 12.1 Å². The number of anilines is 1. The molecule has 1 aliphatic rings. The molecule has 0 aliphatic carbocycles. The first kappa shape index (κ1) is 17.7. The van der Waals surface area contributed by atoms with E-state index in [4.69, 9.17) is 0 Å². The molecule has 3 aromatic rings. The summed E-state index contributed by atoms with van der Waals surface area (Å²) in [6, 6.07) is 12.4. The van der Waals surface area contributed by atoms with Crippen molar-refractivity contribution >= 4 is 40.1 Å². The summed E-state index contributed by atoms with van der Waals surface area (Å²) in [5.41, 5.74) is 2.85. The van der Waals surface area contributed by atoms with Gasteiger partial charge in [-0.25, -0.2) is 0 Å². The molecule has 0 saturated carbocycles. The molecular formula is C21H17NO3S2. The average molecular weight is 396 g/mol. The van der Waals surface area contributed by atoms with Crippen LogP contribution in [0.3, 0.4) is 0 Å². The fourth-order valence-electron chi connectivity index (χ4n) is 3.42. The lowest BCUT2D eigenvalue weighted by molar-refractivity contribution is -0.117. The van der Waals surface area contributed by atoms with Crippen LogP contribution in [0.5, 0.6) is 0 Å². The van der Waals surface area contributed by atoms with Crippen LogP contribution >= 0.6 is 22.7 Å². The molecule has 1 aliphatic heterocycles. The van der Waals surface area contributed by atoms with Crippen molar-refractivity contribution in [3.8, 4) is 0 Å². The average Bonchev–Trinajstić information content (AvgIpc) is 3.38. The van der Waals surface area contributed by atoms with Crippen LogP contribution in [0.25, 0.3) is 0 Å². The number of nitrogens with zero attached hydrogens (tertiary/aromatic N) is 1. The van der Waals surface area contributed by atoms with Crippen molar-refractivity contribution in [1.29, 1.82) is 0 Å².